The first-order valence-corrected chi connectivity index (χ1v) is 4.29. The zero-order valence-electron chi connectivity index (χ0n) is 7.33. The summed E-state index contributed by atoms with van der Waals surface area (Å²) in [5.74, 6) is -0.402. The van der Waals surface area contributed by atoms with Crippen molar-refractivity contribution in [1.82, 2.24) is 15.5 Å². The van der Waals surface area contributed by atoms with Crippen LogP contribution < -0.4 is 5.32 Å². The molecule has 14 heavy (non-hydrogen) atoms. The van der Waals surface area contributed by atoms with Crippen molar-refractivity contribution in [2.24, 2.45) is 0 Å². The van der Waals surface area contributed by atoms with Crippen molar-refractivity contribution in [1.29, 1.82) is 0 Å². The second-order valence-corrected chi connectivity index (χ2v) is 2.93. The second-order valence-electron chi connectivity index (χ2n) is 2.93. The summed E-state index contributed by atoms with van der Waals surface area (Å²) >= 11 is 0. The predicted molar refractivity (Wildman–Crippen MR) is 44.7 cm³/mol. The molecule has 1 N–H and O–H groups in total. The fraction of sp³-hybridized carbons (Fsp3) is 0.500. The third-order valence-corrected chi connectivity index (χ3v) is 1.97. The third kappa shape index (κ3) is 1.79. The van der Waals surface area contributed by atoms with E-state index in [9.17, 15) is 8.78 Å². The Morgan fingerprint density at radius 2 is 2.29 bits per heavy atom. The van der Waals surface area contributed by atoms with Crippen LogP contribution in [0.1, 0.15) is 24.6 Å². The lowest BCUT2D eigenvalue weighted by atomic mass is 10.1. The Morgan fingerprint density at radius 1 is 1.43 bits per heavy atom. The maximum absolute atomic E-state index is 12.1. The van der Waals surface area contributed by atoms with Crippen LogP contribution in [0.25, 0.3) is 5.57 Å². The maximum Gasteiger partial charge on any atom is 0.314 e. The Hall–Kier alpha value is -1.30. The number of aromatic nitrogens is 2. The first-order chi connectivity index (χ1) is 6.77. The van der Waals surface area contributed by atoms with Crippen molar-refractivity contribution in [2.75, 3.05) is 13.1 Å². The van der Waals surface area contributed by atoms with Crippen molar-refractivity contribution in [3.05, 3.63) is 17.9 Å². The van der Waals surface area contributed by atoms with Crippen LogP contribution in [0.5, 0.6) is 0 Å². The zero-order valence-corrected chi connectivity index (χ0v) is 7.33. The van der Waals surface area contributed by atoms with Crippen LogP contribution in [0.2, 0.25) is 0 Å². The van der Waals surface area contributed by atoms with Crippen molar-refractivity contribution < 1.29 is 13.2 Å². The molecule has 0 atom stereocenters. The molecule has 76 valence electrons. The van der Waals surface area contributed by atoms with Gasteiger partial charge in [0.1, 0.15) is 0 Å². The number of nitrogens with one attached hydrogen (secondary N) is 1. The minimum Gasteiger partial charge on any atom is -0.415 e. The molecular weight excluding hydrogens is 192 g/mol. The number of nitrogens with zero attached hydrogens (tertiary/aromatic N) is 2. The van der Waals surface area contributed by atoms with Crippen LogP contribution in [-0.2, 0) is 0 Å². The lowest BCUT2D eigenvalue weighted by Gasteiger charge is -2.09. The minimum atomic E-state index is -2.70. The van der Waals surface area contributed by atoms with E-state index < -0.39 is 12.3 Å². The van der Waals surface area contributed by atoms with Crippen LogP contribution in [0, 0.1) is 0 Å². The third-order valence-electron chi connectivity index (χ3n) is 1.97. The van der Waals surface area contributed by atoms with Gasteiger partial charge in [0.05, 0.1) is 0 Å². The maximum atomic E-state index is 12.1. The topological polar surface area (TPSA) is 51.0 Å². The average Bonchev–Trinajstić information content (AvgIpc) is 2.68. The summed E-state index contributed by atoms with van der Waals surface area (Å²) in [7, 11) is 0. The first-order valence-electron chi connectivity index (χ1n) is 4.29. The van der Waals surface area contributed by atoms with Crippen LogP contribution in [0.4, 0.5) is 8.78 Å². The SMILES string of the molecule is FC(F)c1nnc(C2=CCNCC2)o1. The standard InChI is InChI=1S/C8H9F2N3O/c9-6(10)8-13-12-7(14-8)5-1-3-11-4-2-5/h1,6,11H,2-4H2. The molecule has 0 amide bonds. The first kappa shape index (κ1) is 9.26. The molecule has 0 aliphatic carbocycles. The Kier molecular flexibility index (Phi) is 2.53. The van der Waals surface area contributed by atoms with Crippen LogP contribution in [0.15, 0.2) is 10.5 Å². The van der Waals surface area contributed by atoms with Gasteiger partial charge in [-0.25, -0.2) is 0 Å². The van der Waals surface area contributed by atoms with E-state index in [1.54, 1.807) is 0 Å². The predicted octanol–water partition coefficient (Wildman–Crippen LogP) is 1.38. The van der Waals surface area contributed by atoms with E-state index >= 15 is 0 Å². The molecule has 6 heteroatoms. The molecule has 0 saturated heterocycles. The second kappa shape index (κ2) is 3.83. The average molecular weight is 201 g/mol. The van der Waals surface area contributed by atoms with Gasteiger partial charge in [-0.3, -0.25) is 0 Å². The Balaban J connectivity index is 2.19. The molecule has 1 aromatic heterocycles. The summed E-state index contributed by atoms with van der Waals surface area (Å²) in [5, 5.41) is 9.93. The van der Waals surface area contributed by atoms with Gasteiger partial charge in [0.2, 0.25) is 5.89 Å². The summed E-state index contributed by atoms with van der Waals surface area (Å²) in [4.78, 5) is 0. The van der Waals surface area contributed by atoms with E-state index in [0.29, 0.717) is 6.54 Å². The molecule has 0 spiro atoms. The number of halogens is 2. The molecule has 2 rings (SSSR count). The van der Waals surface area contributed by atoms with Gasteiger partial charge in [0.25, 0.3) is 5.89 Å². The number of alkyl halides is 2. The molecule has 0 fully saturated rings. The molecule has 1 aliphatic rings. The van der Waals surface area contributed by atoms with Crippen LogP contribution in [0.3, 0.4) is 0 Å². The molecule has 1 aliphatic heterocycles. The highest BCUT2D eigenvalue weighted by atomic mass is 19.3. The highest BCUT2D eigenvalue weighted by Crippen LogP contribution is 2.22. The summed E-state index contributed by atoms with van der Waals surface area (Å²) in [6.45, 7) is 1.51. The van der Waals surface area contributed by atoms with E-state index in [2.05, 4.69) is 15.5 Å². The highest BCUT2D eigenvalue weighted by molar-refractivity contribution is 5.59. The summed E-state index contributed by atoms with van der Waals surface area (Å²) in [6, 6.07) is 0. The zero-order chi connectivity index (χ0) is 9.97. The summed E-state index contributed by atoms with van der Waals surface area (Å²) < 4.78 is 29.1. The largest absolute Gasteiger partial charge is 0.415 e. The fourth-order valence-corrected chi connectivity index (χ4v) is 1.27. The van der Waals surface area contributed by atoms with E-state index in [1.165, 1.54) is 0 Å². The van der Waals surface area contributed by atoms with Gasteiger partial charge in [-0.2, -0.15) is 8.78 Å². The normalized spacial score (nSPS) is 17.2. The molecule has 2 heterocycles. The van der Waals surface area contributed by atoms with Crippen molar-refractivity contribution >= 4 is 5.57 Å². The monoisotopic (exact) mass is 201 g/mol. The smallest absolute Gasteiger partial charge is 0.314 e. The molecule has 4 nitrogen and oxygen atoms in total. The van der Waals surface area contributed by atoms with E-state index in [4.69, 9.17) is 4.42 Å². The van der Waals surface area contributed by atoms with Gasteiger partial charge in [-0.15, -0.1) is 10.2 Å². The number of hydrogen-bond donors (Lipinski definition) is 1. The van der Waals surface area contributed by atoms with Crippen molar-refractivity contribution in [3.63, 3.8) is 0 Å². The minimum absolute atomic E-state index is 0.210. The number of hydrogen-bond acceptors (Lipinski definition) is 4. The molecule has 0 bridgehead atoms. The molecule has 0 saturated carbocycles. The van der Waals surface area contributed by atoms with E-state index in [0.717, 1.165) is 18.5 Å². The molecule has 0 unspecified atom stereocenters. The summed E-state index contributed by atoms with van der Waals surface area (Å²) in [5.41, 5.74) is 0.836. The van der Waals surface area contributed by atoms with E-state index in [-0.39, 0.29) is 5.89 Å². The lowest BCUT2D eigenvalue weighted by molar-refractivity contribution is 0.114. The quantitative estimate of drug-likeness (QED) is 0.785. The molecular formula is C8H9F2N3O. The van der Waals surface area contributed by atoms with Gasteiger partial charge < -0.3 is 9.73 Å². The molecule has 0 radical (unpaired) electrons. The van der Waals surface area contributed by atoms with Gasteiger partial charge in [0.15, 0.2) is 0 Å². The van der Waals surface area contributed by atoms with Crippen molar-refractivity contribution in [3.8, 4) is 0 Å². The Bertz CT molecular complexity index is 348. The number of rotatable bonds is 2. The Labute approximate surface area is 79.0 Å². The van der Waals surface area contributed by atoms with Crippen LogP contribution >= 0.6 is 0 Å². The van der Waals surface area contributed by atoms with Crippen molar-refractivity contribution in [2.45, 2.75) is 12.8 Å². The lowest BCUT2D eigenvalue weighted by Crippen LogP contribution is -2.20. The van der Waals surface area contributed by atoms with Crippen LogP contribution in [-0.4, -0.2) is 23.3 Å². The fourth-order valence-electron chi connectivity index (χ4n) is 1.27. The van der Waals surface area contributed by atoms with Gasteiger partial charge in [-0.1, -0.05) is 6.08 Å². The molecule has 1 aromatic rings. The summed E-state index contributed by atoms with van der Waals surface area (Å²) in [6.07, 6.45) is -0.101. The van der Waals surface area contributed by atoms with Gasteiger partial charge >= 0.3 is 6.43 Å². The van der Waals surface area contributed by atoms with Gasteiger partial charge in [-0.05, 0) is 13.0 Å². The highest BCUT2D eigenvalue weighted by Gasteiger charge is 2.18. The van der Waals surface area contributed by atoms with Gasteiger partial charge in [0, 0.05) is 12.1 Å². The molecule has 0 aromatic carbocycles. The Morgan fingerprint density at radius 3 is 2.86 bits per heavy atom. The van der Waals surface area contributed by atoms with E-state index in [1.807, 2.05) is 6.08 Å².